The fourth-order valence-corrected chi connectivity index (χ4v) is 5.89. The number of benzene rings is 1. The number of allylic oxidation sites excluding steroid dienone is 1. The molecule has 1 aliphatic carbocycles. The number of amides is 2. The van der Waals surface area contributed by atoms with Gasteiger partial charge in [0, 0.05) is 54.4 Å². The zero-order valence-corrected chi connectivity index (χ0v) is 20.6. The monoisotopic (exact) mass is 503 g/mol. The molecule has 2 aromatic heterocycles. The second-order valence-electron chi connectivity index (χ2n) is 10.2. The van der Waals surface area contributed by atoms with Crippen LogP contribution in [0.3, 0.4) is 0 Å². The van der Waals surface area contributed by atoms with Gasteiger partial charge in [0.05, 0.1) is 5.41 Å². The Hall–Kier alpha value is -4.79. The van der Waals surface area contributed by atoms with E-state index in [1.165, 1.54) is 6.33 Å². The number of hydrogen-bond donors (Lipinski definition) is 3. The summed E-state index contributed by atoms with van der Waals surface area (Å²) < 4.78 is 0. The van der Waals surface area contributed by atoms with Crippen LogP contribution in [0.4, 0.5) is 17.3 Å². The maximum absolute atomic E-state index is 13.3. The molecule has 1 atom stereocenters. The molecule has 9 heteroatoms. The van der Waals surface area contributed by atoms with E-state index in [2.05, 4.69) is 49.6 Å². The highest BCUT2D eigenvalue weighted by Gasteiger charge is 2.51. The lowest BCUT2D eigenvalue weighted by atomic mass is 9.79. The largest absolute Gasteiger partial charge is 0.359 e. The normalized spacial score (nSPS) is 21.1. The molecule has 0 bridgehead atoms. The van der Waals surface area contributed by atoms with Crippen molar-refractivity contribution < 1.29 is 9.59 Å². The van der Waals surface area contributed by atoms with Gasteiger partial charge in [0.2, 0.25) is 5.91 Å². The zero-order valence-electron chi connectivity index (χ0n) is 20.6. The summed E-state index contributed by atoms with van der Waals surface area (Å²) in [4.78, 5) is 41.0. The number of dihydropyridines is 1. The lowest BCUT2D eigenvalue weighted by Crippen LogP contribution is -2.39. The Morgan fingerprint density at radius 1 is 1.05 bits per heavy atom. The molecule has 9 nitrogen and oxygen atoms in total. The number of nitrogens with zero attached hydrogens (tertiary/aromatic N) is 4. The van der Waals surface area contributed by atoms with Gasteiger partial charge in [-0.3, -0.25) is 9.59 Å². The third-order valence-electron chi connectivity index (χ3n) is 7.80. The number of anilines is 3. The van der Waals surface area contributed by atoms with Crippen LogP contribution >= 0.6 is 0 Å². The van der Waals surface area contributed by atoms with Gasteiger partial charge in [-0.25, -0.2) is 15.0 Å². The Labute approximate surface area is 219 Å². The van der Waals surface area contributed by atoms with Crippen molar-refractivity contribution >= 4 is 29.1 Å². The van der Waals surface area contributed by atoms with Crippen LogP contribution in [0.15, 0.2) is 84.6 Å². The molecule has 0 saturated heterocycles. The van der Waals surface area contributed by atoms with Crippen LogP contribution in [-0.4, -0.2) is 44.8 Å². The molecule has 3 N–H and O–H groups in total. The minimum Gasteiger partial charge on any atom is -0.359 e. The van der Waals surface area contributed by atoms with E-state index in [9.17, 15) is 9.59 Å². The van der Waals surface area contributed by atoms with E-state index < -0.39 is 5.41 Å². The van der Waals surface area contributed by atoms with E-state index in [1.54, 1.807) is 17.2 Å². The predicted molar refractivity (Wildman–Crippen MR) is 143 cm³/mol. The van der Waals surface area contributed by atoms with Crippen molar-refractivity contribution in [2.45, 2.75) is 24.7 Å². The number of pyridine rings is 1. The maximum atomic E-state index is 13.3. The van der Waals surface area contributed by atoms with Crippen molar-refractivity contribution in [3.05, 3.63) is 107 Å². The topological polar surface area (TPSA) is 112 Å². The second-order valence-corrected chi connectivity index (χ2v) is 10.2. The van der Waals surface area contributed by atoms with Crippen LogP contribution in [0.5, 0.6) is 0 Å². The third kappa shape index (κ3) is 3.58. The van der Waals surface area contributed by atoms with Gasteiger partial charge in [-0.05, 0) is 53.8 Å². The molecule has 7 rings (SSSR count). The number of nitrogens with one attached hydrogen (secondary N) is 3. The van der Waals surface area contributed by atoms with E-state index in [1.807, 2.05) is 30.4 Å². The highest BCUT2D eigenvalue weighted by atomic mass is 16.2. The number of aromatic nitrogens is 3. The lowest BCUT2D eigenvalue weighted by Gasteiger charge is -2.32. The Morgan fingerprint density at radius 3 is 2.87 bits per heavy atom. The van der Waals surface area contributed by atoms with Gasteiger partial charge < -0.3 is 20.9 Å². The summed E-state index contributed by atoms with van der Waals surface area (Å²) in [6.45, 7) is 5.08. The summed E-state index contributed by atoms with van der Waals surface area (Å²) in [5.74, 6) is 1.07. The molecule has 1 spiro atoms. The first-order chi connectivity index (χ1) is 18.5. The van der Waals surface area contributed by atoms with Crippen molar-refractivity contribution in [1.82, 2.24) is 25.2 Å². The minimum atomic E-state index is -0.612. The molecule has 3 aliphatic heterocycles. The van der Waals surface area contributed by atoms with E-state index in [-0.39, 0.29) is 11.8 Å². The molecule has 5 heterocycles. The number of carbonyl (C=O) groups is 2. The van der Waals surface area contributed by atoms with Gasteiger partial charge in [0.15, 0.2) is 0 Å². The first-order valence-corrected chi connectivity index (χ1v) is 12.6. The van der Waals surface area contributed by atoms with Crippen LogP contribution in [0.25, 0.3) is 0 Å². The smallest absolute Gasteiger partial charge is 0.272 e. The zero-order chi connectivity index (χ0) is 25.9. The summed E-state index contributed by atoms with van der Waals surface area (Å²) in [6, 6.07) is 11.6. The van der Waals surface area contributed by atoms with E-state index >= 15 is 0 Å². The van der Waals surface area contributed by atoms with Crippen LogP contribution in [0.2, 0.25) is 0 Å². The molecule has 3 aromatic rings. The van der Waals surface area contributed by atoms with Crippen LogP contribution in [-0.2, 0) is 23.1 Å². The summed E-state index contributed by atoms with van der Waals surface area (Å²) >= 11 is 0. The molecular formula is C29H25N7O2. The van der Waals surface area contributed by atoms with Gasteiger partial charge in [0.1, 0.15) is 23.7 Å². The fraction of sp³-hybridized carbons (Fsp3) is 0.207. The molecule has 38 heavy (non-hydrogen) atoms. The summed E-state index contributed by atoms with van der Waals surface area (Å²) in [7, 11) is 0. The number of hydrogen-bond acceptors (Lipinski definition) is 7. The molecule has 0 radical (unpaired) electrons. The van der Waals surface area contributed by atoms with Gasteiger partial charge >= 0.3 is 0 Å². The van der Waals surface area contributed by atoms with Gasteiger partial charge in [0.25, 0.3) is 5.91 Å². The Morgan fingerprint density at radius 2 is 1.95 bits per heavy atom. The van der Waals surface area contributed by atoms with Gasteiger partial charge in [-0.2, -0.15) is 0 Å². The van der Waals surface area contributed by atoms with E-state index in [0.29, 0.717) is 43.3 Å². The van der Waals surface area contributed by atoms with Gasteiger partial charge in [-0.1, -0.05) is 24.8 Å². The average Bonchev–Trinajstić information content (AvgIpc) is 3.45. The molecule has 0 fully saturated rings. The predicted octanol–water partition coefficient (Wildman–Crippen LogP) is 3.38. The fourth-order valence-electron chi connectivity index (χ4n) is 5.89. The molecular weight excluding hydrogens is 478 g/mol. The number of fused-ring (bicyclic) bond motifs is 3. The SMILES string of the molecule is C=C1C=CC2=C(CCN(C(=O)c3cc(Nc4ccc5c(c4)CC4(C5)C(=O)Nc5ncccc54)ncn3)C2)N1. The van der Waals surface area contributed by atoms with Crippen LogP contribution in [0.1, 0.15) is 33.6 Å². The van der Waals surface area contributed by atoms with Crippen LogP contribution < -0.4 is 16.0 Å². The number of rotatable bonds is 3. The molecule has 0 saturated carbocycles. The summed E-state index contributed by atoms with van der Waals surface area (Å²) in [6.07, 6.45) is 9.05. The van der Waals surface area contributed by atoms with E-state index in [4.69, 9.17) is 0 Å². The molecule has 4 aliphatic rings. The van der Waals surface area contributed by atoms with Crippen molar-refractivity contribution in [2.24, 2.45) is 0 Å². The van der Waals surface area contributed by atoms with Crippen molar-refractivity contribution in [3.63, 3.8) is 0 Å². The molecule has 1 unspecified atom stereocenters. The van der Waals surface area contributed by atoms with Crippen molar-refractivity contribution in [2.75, 3.05) is 23.7 Å². The van der Waals surface area contributed by atoms with Crippen molar-refractivity contribution in [1.29, 1.82) is 0 Å². The minimum absolute atomic E-state index is 0.000826. The average molecular weight is 504 g/mol. The Bertz CT molecular complexity index is 1610. The Kier molecular flexibility index (Phi) is 4.94. The van der Waals surface area contributed by atoms with Gasteiger partial charge in [-0.15, -0.1) is 0 Å². The lowest BCUT2D eigenvalue weighted by molar-refractivity contribution is -0.120. The molecule has 188 valence electrons. The molecule has 2 amide bonds. The standard InChI is InChI=1S/C29H25N7O2/c1-17-4-5-19-15-36(10-8-23(19)33-17)27(37)24-12-25(32-16-31-24)34-21-7-6-18-13-29(14-20(18)11-21)22-3-2-9-30-26(22)35-28(29)38/h2-7,9,11-12,16,33H,1,8,10,13-15H2,(H,30,35,38)(H,31,32,34). The molecule has 1 aromatic carbocycles. The van der Waals surface area contributed by atoms with Crippen LogP contribution in [0, 0.1) is 0 Å². The second kappa shape index (κ2) is 8.37. The maximum Gasteiger partial charge on any atom is 0.272 e. The summed E-state index contributed by atoms with van der Waals surface area (Å²) in [5.41, 5.74) is 6.87. The Balaban J connectivity index is 1.09. The van der Waals surface area contributed by atoms with Crippen molar-refractivity contribution in [3.8, 4) is 0 Å². The quantitative estimate of drug-likeness (QED) is 0.502. The third-order valence-corrected chi connectivity index (χ3v) is 7.80. The highest BCUT2D eigenvalue weighted by Crippen LogP contribution is 2.47. The highest BCUT2D eigenvalue weighted by molar-refractivity contribution is 6.06. The first-order valence-electron chi connectivity index (χ1n) is 12.6. The van der Waals surface area contributed by atoms with E-state index in [0.717, 1.165) is 45.8 Å². The number of carbonyl (C=O) groups excluding carboxylic acids is 2. The summed E-state index contributed by atoms with van der Waals surface area (Å²) in [5, 5.41) is 9.56. The first kappa shape index (κ1) is 22.4.